The molecule has 0 amide bonds. The van der Waals surface area contributed by atoms with Gasteiger partial charge in [-0.2, -0.15) is 0 Å². The SMILES string of the molecule is COc1ccc(N2CCCN(c3nc(-c4cccnc4)nc4ccccc34)CC2)cc1. The highest BCUT2D eigenvalue weighted by Gasteiger charge is 2.20. The summed E-state index contributed by atoms with van der Waals surface area (Å²) in [5, 5.41) is 1.09. The molecule has 31 heavy (non-hydrogen) atoms. The average molecular weight is 412 g/mol. The highest BCUT2D eigenvalue weighted by molar-refractivity contribution is 5.91. The van der Waals surface area contributed by atoms with Crippen LogP contribution in [0.25, 0.3) is 22.3 Å². The highest BCUT2D eigenvalue weighted by atomic mass is 16.5. The van der Waals surface area contributed by atoms with Crippen molar-refractivity contribution in [1.82, 2.24) is 15.0 Å². The van der Waals surface area contributed by atoms with E-state index in [0.717, 1.165) is 66.5 Å². The van der Waals surface area contributed by atoms with Crippen molar-refractivity contribution in [2.75, 3.05) is 43.1 Å². The first-order valence-electron chi connectivity index (χ1n) is 10.6. The van der Waals surface area contributed by atoms with E-state index in [1.54, 1.807) is 13.3 Å². The molecule has 0 N–H and O–H groups in total. The summed E-state index contributed by atoms with van der Waals surface area (Å²) in [4.78, 5) is 18.9. The van der Waals surface area contributed by atoms with Crippen molar-refractivity contribution in [3.8, 4) is 17.1 Å². The number of hydrogen-bond donors (Lipinski definition) is 0. The molecule has 2 aromatic heterocycles. The molecule has 1 saturated heterocycles. The number of nitrogens with zero attached hydrogens (tertiary/aromatic N) is 5. The molecule has 5 rings (SSSR count). The summed E-state index contributed by atoms with van der Waals surface area (Å²) >= 11 is 0. The third kappa shape index (κ3) is 4.01. The molecule has 6 heteroatoms. The van der Waals surface area contributed by atoms with Gasteiger partial charge in [0.05, 0.1) is 12.6 Å². The minimum atomic E-state index is 0.720. The molecule has 1 fully saturated rings. The first-order chi connectivity index (χ1) is 15.3. The molecule has 1 aliphatic heterocycles. The number of para-hydroxylation sites is 1. The molecule has 0 aliphatic carbocycles. The average Bonchev–Trinajstić information content (AvgIpc) is 3.10. The molecule has 0 spiro atoms. The van der Waals surface area contributed by atoms with Gasteiger partial charge in [0, 0.05) is 55.2 Å². The third-order valence-electron chi connectivity index (χ3n) is 5.74. The van der Waals surface area contributed by atoms with Crippen LogP contribution < -0.4 is 14.5 Å². The lowest BCUT2D eigenvalue weighted by Crippen LogP contribution is -2.31. The van der Waals surface area contributed by atoms with Crippen molar-refractivity contribution in [1.29, 1.82) is 0 Å². The first kappa shape index (κ1) is 19.3. The molecule has 1 aliphatic rings. The number of anilines is 2. The van der Waals surface area contributed by atoms with Crippen LogP contribution in [0, 0.1) is 0 Å². The van der Waals surface area contributed by atoms with Crippen molar-refractivity contribution in [2.45, 2.75) is 6.42 Å². The van der Waals surface area contributed by atoms with Crippen LogP contribution in [0.3, 0.4) is 0 Å². The normalized spacial score (nSPS) is 14.5. The van der Waals surface area contributed by atoms with Crippen molar-refractivity contribution in [3.63, 3.8) is 0 Å². The quantitative estimate of drug-likeness (QED) is 0.496. The standard InChI is InChI=1S/C25H25N5O/c1-31-21-11-9-20(10-12-21)29-14-5-15-30(17-16-29)25-22-7-2-3-8-23(22)27-24(28-25)19-6-4-13-26-18-19/h2-4,6-13,18H,5,14-17H2,1H3. The predicted molar refractivity (Wildman–Crippen MR) is 125 cm³/mol. The maximum Gasteiger partial charge on any atom is 0.163 e. The fourth-order valence-electron chi connectivity index (χ4n) is 4.11. The van der Waals surface area contributed by atoms with Crippen LogP contribution in [0.1, 0.15) is 6.42 Å². The Kier molecular flexibility index (Phi) is 5.35. The van der Waals surface area contributed by atoms with Gasteiger partial charge in [0.2, 0.25) is 0 Å². The van der Waals surface area contributed by atoms with Crippen molar-refractivity contribution in [3.05, 3.63) is 73.1 Å². The fourth-order valence-corrected chi connectivity index (χ4v) is 4.11. The zero-order valence-corrected chi connectivity index (χ0v) is 17.6. The van der Waals surface area contributed by atoms with Crippen LogP contribution in [-0.2, 0) is 0 Å². The number of aromatic nitrogens is 3. The summed E-state index contributed by atoms with van der Waals surface area (Å²) in [7, 11) is 1.70. The van der Waals surface area contributed by atoms with Gasteiger partial charge in [-0.15, -0.1) is 0 Å². The molecule has 0 atom stereocenters. The summed E-state index contributed by atoms with van der Waals surface area (Å²) < 4.78 is 5.30. The van der Waals surface area contributed by atoms with Crippen LogP contribution >= 0.6 is 0 Å². The predicted octanol–water partition coefficient (Wildman–Crippen LogP) is 4.42. The van der Waals surface area contributed by atoms with Gasteiger partial charge >= 0.3 is 0 Å². The molecular weight excluding hydrogens is 386 g/mol. The molecular formula is C25H25N5O. The topological polar surface area (TPSA) is 54.4 Å². The van der Waals surface area contributed by atoms with Crippen molar-refractivity contribution < 1.29 is 4.74 Å². The third-order valence-corrected chi connectivity index (χ3v) is 5.74. The number of fused-ring (bicyclic) bond motifs is 1. The molecule has 0 unspecified atom stereocenters. The minimum Gasteiger partial charge on any atom is -0.497 e. The second kappa shape index (κ2) is 8.60. The Labute approximate surface area is 182 Å². The van der Waals surface area contributed by atoms with Gasteiger partial charge in [-0.05, 0) is 55.0 Å². The molecule has 0 radical (unpaired) electrons. The van der Waals surface area contributed by atoms with Crippen LogP contribution in [0.5, 0.6) is 5.75 Å². The van der Waals surface area contributed by atoms with Crippen LogP contribution in [0.4, 0.5) is 11.5 Å². The van der Waals surface area contributed by atoms with Gasteiger partial charge < -0.3 is 14.5 Å². The van der Waals surface area contributed by atoms with Crippen LogP contribution in [-0.4, -0.2) is 48.2 Å². The van der Waals surface area contributed by atoms with E-state index < -0.39 is 0 Å². The Morgan fingerprint density at radius 2 is 1.61 bits per heavy atom. The molecule has 0 saturated carbocycles. The van der Waals surface area contributed by atoms with E-state index in [0.29, 0.717) is 0 Å². The fraction of sp³-hybridized carbons (Fsp3) is 0.240. The van der Waals surface area contributed by atoms with Crippen molar-refractivity contribution in [2.24, 2.45) is 0 Å². The minimum absolute atomic E-state index is 0.720. The van der Waals surface area contributed by atoms with Gasteiger partial charge in [-0.1, -0.05) is 12.1 Å². The number of hydrogen-bond acceptors (Lipinski definition) is 6. The van der Waals surface area contributed by atoms with Crippen LogP contribution in [0.15, 0.2) is 73.1 Å². The number of benzene rings is 2. The lowest BCUT2D eigenvalue weighted by molar-refractivity contribution is 0.415. The number of rotatable bonds is 4. The Balaban J connectivity index is 1.46. The molecule has 4 aromatic rings. The van der Waals surface area contributed by atoms with Gasteiger partial charge in [-0.25, -0.2) is 9.97 Å². The summed E-state index contributed by atoms with van der Waals surface area (Å²) in [6.07, 6.45) is 4.66. The van der Waals surface area contributed by atoms with E-state index >= 15 is 0 Å². The second-order valence-electron chi connectivity index (χ2n) is 7.66. The molecule has 156 valence electrons. The lowest BCUT2D eigenvalue weighted by atomic mass is 10.2. The van der Waals surface area contributed by atoms with Gasteiger partial charge in [0.25, 0.3) is 0 Å². The Morgan fingerprint density at radius 1 is 0.806 bits per heavy atom. The smallest absolute Gasteiger partial charge is 0.163 e. The van der Waals surface area contributed by atoms with E-state index in [-0.39, 0.29) is 0 Å². The van der Waals surface area contributed by atoms with E-state index in [9.17, 15) is 0 Å². The van der Waals surface area contributed by atoms with E-state index in [4.69, 9.17) is 14.7 Å². The zero-order valence-electron chi connectivity index (χ0n) is 17.6. The maximum absolute atomic E-state index is 5.30. The Hall–Kier alpha value is -3.67. The number of ether oxygens (including phenoxy) is 1. The summed E-state index contributed by atoms with van der Waals surface area (Å²) in [5.41, 5.74) is 3.12. The molecule has 2 aromatic carbocycles. The van der Waals surface area contributed by atoms with Crippen LogP contribution in [0.2, 0.25) is 0 Å². The highest BCUT2D eigenvalue weighted by Crippen LogP contribution is 2.29. The number of pyridine rings is 1. The number of methoxy groups -OCH3 is 1. The van der Waals surface area contributed by atoms with Gasteiger partial charge in [0.15, 0.2) is 5.82 Å². The second-order valence-corrected chi connectivity index (χ2v) is 7.66. The summed E-state index contributed by atoms with van der Waals surface area (Å²) in [6, 6.07) is 20.5. The summed E-state index contributed by atoms with van der Waals surface area (Å²) in [5.74, 6) is 2.61. The van der Waals surface area contributed by atoms with Gasteiger partial charge in [0.1, 0.15) is 11.6 Å². The van der Waals surface area contributed by atoms with E-state index in [1.807, 2.05) is 36.5 Å². The van der Waals surface area contributed by atoms with E-state index in [1.165, 1.54) is 5.69 Å². The summed E-state index contributed by atoms with van der Waals surface area (Å²) in [6.45, 7) is 3.81. The monoisotopic (exact) mass is 411 g/mol. The largest absolute Gasteiger partial charge is 0.497 e. The maximum atomic E-state index is 5.30. The molecule has 0 bridgehead atoms. The molecule has 3 heterocycles. The van der Waals surface area contributed by atoms with E-state index in [2.05, 4.69) is 45.1 Å². The van der Waals surface area contributed by atoms with Crippen molar-refractivity contribution >= 4 is 22.4 Å². The lowest BCUT2D eigenvalue weighted by Gasteiger charge is -2.25. The Morgan fingerprint density at radius 3 is 2.42 bits per heavy atom. The zero-order chi connectivity index (χ0) is 21.0. The van der Waals surface area contributed by atoms with Gasteiger partial charge in [-0.3, -0.25) is 4.98 Å². The molecule has 6 nitrogen and oxygen atoms in total. The Bertz CT molecular complexity index is 1160. The first-order valence-corrected chi connectivity index (χ1v) is 10.6.